The van der Waals surface area contributed by atoms with Gasteiger partial charge in [0.25, 0.3) is 0 Å². The van der Waals surface area contributed by atoms with Crippen molar-refractivity contribution < 1.29 is 0 Å². The van der Waals surface area contributed by atoms with Gasteiger partial charge in [0.2, 0.25) is 0 Å². The lowest BCUT2D eigenvalue weighted by Crippen LogP contribution is -2.52. The minimum Gasteiger partial charge on any atom is -0.0721 e. The number of allylic oxidation sites excluding steroid dienone is 8. The van der Waals surface area contributed by atoms with Crippen LogP contribution in [0.5, 0.6) is 0 Å². The van der Waals surface area contributed by atoms with E-state index < -0.39 is 8.07 Å². The Kier molecular flexibility index (Phi) is 8.64. The molecule has 0 saturated carbocycles. The second-order valence-electron chi connectivity index (χ2n) is 12.1. The Labute approximate surface area is 228 Å². The first-order valence-electron chi connectivity index (χ1n) is 14.7. The largest absolute Gasteiger partial charge is 0.0821 e. The summed E-state index contributed by atoms with van der Waals surface area (Å²) < 4.78 is 0. The quantitative estimate of drug-likeness (QED) is 0.280. The summed E-state index contributed by atoms with van der Waals surface area (Å²) in [6, 6.07) is 22.2. The van der Waals surface area contributed by atoms with E-state index in [0.29, 0.717) is 22.9 Å². The molecule has 0 aliphatic heterocycles. The van der Waals surface area contributed by atoms with Gasteiger partial charge in [-0.3, -0.25) is 0 Å². The maximum absolute atomic E-state index is 2.72. The van der Waals surface area contributed by atoms with Crippen molar-refractivity contribution in [1.82, 2.24) is 0 Å². The van der Waals surface area contributed by atoms with Gasteiger partial charge in [-0.1, -0.05) is 164 Å². The first kappa shape index (κ1) is 27.6. The van der Waals surface area contributed by atoms with Gasteiger partial charge in [0, 0.05) is 0 Å². The van der Waals surface area contributed by atoms with Gasteiger partial charge >= 0.3 is 0 Å². The van der Waals surface area contributed by atoms with Crippen LogP contribution >= 0.6 is 0 Å². The van der Waals surface area contributed by atoms with Gasteiger partial charge in [0.15, 0.2) is 0 Å². The molecule has 4 unspecified atom stereocenters. The third-order valence-corrected chi connectivity index (χ3v) is 17.0. The first-order valence-corrected chi connectivity index (χ1v) is 17.0. The maximum atomic E-state index is 2.72. The fraction of sp³-hybridized carbons (Fsp3) is 0.444. The molecule has 2 aliphatic carbocycles. The summed E-state index contributed by atoms with van der Waals surface area (Å²) in [5.74, 6) is 1.10. The van der Waals surface area contributed by atoms with Crippen molar-refractivity contribution in [3.8, 4) is 0 Å². The number of benzene rings is 2. The molecule has 2 aliphatic rings. The second-order valence-corrected chi connectivity index (χ2v) is 17.4. The Morgan fingerprint density at radius 3 is 1.22 bits per heavy atom. The maximum Gasteiger partial charge on any atom is 0.0821 e. The molecule has 4 rings (SSSR count). The Hall–Kier alpha value is -2.38. The van der Waals surface area contributed by atoms with E-state index in [2.05, 4.69) is 140 Å². The molecule has 4 atom stereocenters. The predicted octanol–water partition coefficient (Wildman–Crippen LogP) is 11.1. The molecule has 0 saturated heterocycles. The van der Waals surface area contributed by atoms with E-state index in [1.54, 1.807) is 11.1 Å². The van der Waals surface area contributed by atoms with E-state index >= 15 is 0 Å². The van der Waals surface area contributed by atoms with Gasteiger partial charge in [-0.05, 0) is 56.3 Å². The number of hydrogen-bond acceptors (Lipinski definition) is 0. The molecule has 0 bridgehead atoms. The molecule has 2 aromatic rings. The molecule has 0 heterocycles. The predicted molar refractivity (Wildman–Crippen MR) is 167 cm³/mol. The molecule has 1 heteroatoms. The van der Waals surface area contributed by atoms with Crippen molar-refractivity contribution in [2.24, 2.45) is 11.8 Å². The lowest BCUT2D eigenvalue weighted by Gasteiger charge is -2.52. The fourth-order valence-electron chi connectivity index (χ4n) is 7.34. The Bertz CT molecular complexity index is 1080. The molecule has 37 heavy (non-hydrogen) atoms. The van der Waals surface area contributed by atoms with Crippen molar-refractivity contribution in [3.05, 3.63) is 107 Å². The second kappa shape index (κ2) is 11.6. The Balaban J connectivity index is 1.97. The van der Waals surface area contributed by atoms with Crippen molar-refractivity contribution in [1.29, 1.82) is 0 Å². The van der Waals surface area contributed by atoms with E-state index in [1.165, 1.54) is 35.1 Å². The molecule has 0 radical (unpaired) electrons. The molecule has 0 fully saturated rings. The van der Waals surface area contributed by atoms with Gasteiger partial charge in [0.1, 0.15) is 0 Å². The first-order chi connectivity index (χ1) is 17.7. The fourth-order valence-corrected chi connectivity index (χ4v) is 15.5. The highest BCUT2D eigenvalue weighted by atomic mass is 28.3. The van der Waals surface area contributed by atoms with Gasteiger partial charge in [-0.25, -0.2) is 0 Å². The van der Waals surface area contributed by atoms with Crippen LogP contribution in [0.3, 0.4) is 0 Å². The van der Waals surface area contributed by atoms with Gasteiger partial charge in [-0.2, -0.15) is 0 Å². The molecule has 0 spiro atoms. The summed E-state index contributed by atoms with van der Waals surface area (Å²) in [6.45, 7) is 19.8. The summed E-state index contributed by atoms with van der Waals surface area (Å²) in [7, 11) is -2.03. The highest BCUT2D eigenvalue weighted by molar-refractivity contribution is 6.87. The Morgan fingerprint density at radius 2 is 0.919 bits per heavy atom. The Morgan fingerprint density at radius 1 is 0.568 bits per heavy atom. The third kappa shape index (κ3) is 5.04. The van der Waals surface area contributed by atoms with Gasteiger partial charge < -0.3 is 0 Å². The van der Waals surface area contributed by atoms with E-state index in [0.717, 1.165) is 11.1 Å². The van der Waals surface area contributed by atoms with Crippen LogP contribution in [0.4, 0.5) is 0 Å². The van der Waals surface area contributed by atoms with Crippen molar-refractivity contribution in [2.75, 3.05) is 0 Å². The summed E-state index contributed by atoms with van der Waals surface area (Å²) in [4.78, 5) is 0. The molecule has 0 amide bonds. The van der Waals surface area contributed by atoms with Gasteiger partial charge in [-0.15, -0.1) is 0 Å². The number of hydrogen-bond donors (Lipinski definition) is 0. The molecule has 2 aromatic carbocycles. The lowest BCUT2D eigenvalue weighted by atomic mass is 10.0. The lowest BCUT2D eigenvalue weighted by molar-refractivity contribution is 0.662. The summed E-state index contributed by atoms with van der Waals surface area (Å²) in [5, 5.41) is 0. The standard InChI is InChI=1S/C36H48Si/c1-9-27(7)37(28(8)10-2,35-23-31(21-33(35)25(3)4)29-17-13-11-14-18-29)36-24-32(22-34(36)26(5)6)30-19-15-12-16-20-30/h11-28,35-36H,9-10H2,1-8H3. The van der Waals surface area contributed by atoms with E-state index in [-0.39, 0.29) is 0 Å². The van der Waals surface area contributed by atoms with E-state index in [9.17, 15) is 0 Å². The molecule has 0 aromatic heterocycles. The van der Waals surface area contributed by atoms with Crippen molar-refractivity contribution >= 4 is 19.2 Å². The van der Waals surface area contributed by atoms with E-state index in [4.69, 9.17) is 0 Å². The zero-order chi connectivity index (χ0) is 26.7. The number of rotatable bonds is 10. The summed E-state index contributed by atoms with van der Waals surface area (Å²) >= 11 is 0. The van der Waals surface area contributed by atoms with Gasteiger partial charge in [0.05, 0.1) is 8.07 Å². The van der Waals surface area contributed by atoms with Crippen LogP contribution in [0.15, 0.2) is 96.1 Å². The summed E-state index contributed by atoms with van der Waals surface area (Å²) in [5.41, 5.74) is 11.5. The van der Waals surface area contributed by atoms with Crippen LogP contribution in [-0.4, -0.2) is 8.07 Å². The molecule has 0 nitrogen and oxygen atoms in total. The zero-order valence-electron chi connectivity index (χ0n) is 24.5. The van der Waals surface area contributed by atoms with Crippen LogP contribution in [0, 0.1) is 11.8 Å². The van der Waals surface area contributed by atoms with Crippen LogP contribution in [0.1, 0.15) is 79.4 Å². The van der Waals surface area contributed by atoms with Crippen molar-refractivity contribution in [3.63, 3.8) is 0 Å². The highest BCUT2D eigenvalue weighted by Crippen LogP contribution is 2.62. The third-order valence-electron chi connectivity index (χ3n) is 9.61. The minimum atomic E-state index is -2.03. The van der Waals surface area contributed by atoms with Crippen LogP contribution in [-0.2, 0) is 0 Å². The van der Waals surface area contributed by atoms with Crippen molar-refractivity contribution in [2.45, 2.75) is 90.4 Å². The minimum absolute atomic E-state index is 0.549. The average Bonchev–Trinajstić information content (AvgIpc) is 3.56. The monoisotopic (exact) mass is 508 g/mol. The highest BCUT2D eigenvalue weighted by Gasteiger charge is 2.56. The van der Waals surface area contributed by atoms with Crippen LogP contribution in [0.25, 0.3) is 11.1 Å². The molecule has 196 valence electrons. The molecule has 0 N–H and O–H groups in total. The topological polar surface area (TPSA) is 0 Å². The van der Waals surface area contributed by atoms with Crippen LogP contribution < -0.4 is 0 Å². The summed E-state index contributed by atoms with van der Waals surface area (Å²) in [6.07, 6.45) is 13.1. The smallest absolute Gasteiger partial charge is 0.0721 e. The SMILES string of the molecule is CCC(C)[Si](C(C)CC)(C1C=C(c2ccccc2)C=C1C(C)C)C1C=C(c2ccccc2)C=C1C(C)C. The average molecular weight is 509 g/mol. The zero-order valence-corrected chi connectivity index (χ0v) is 25.5. The van der Waals surface area contributed by atoms with Crippen LogP contribution in [0.2, 0.25) is 22.2 Å². The molecular weight excluding hydrogens is 460 g/mol. The molecular formula is C36H48Si. The van der Waals surface area contributed by atoms with E-state index in [1.807, 2.05) is 0 Å². The normalized spacial score (nSPS) is 22.9.